The molecule has 0 spiro atoms. The van der Waals surface area contributed by atoms with E-state index in [9.17, 15) is 8.42 Å². The van der Waals surface area contributed by atoms with Gasteiger partial charge in [0.05, 0.1) is 11.9 Å². The number of nitrogens with zero attached hydrogens (tertiary/aromatic N) is 3. The molecule has 3 rings (SSSR count). The first-order chi connectivity index (χ1) is 10.9. The Hall–Kier alpha value is -1.64. The molecular formula is C15H20N4O2S2. The number of nitrogens with one attached hydrogen (secondary N) is 1. The maximum absolute atomic E-state index is 11.2. The largest absolute Gasteiger partial charge is 0.346 e. The summed E-state index contributed by atoms with van der Waals surface area (Å²) in [4.78, 5) is 9.35. The van der Waals surface area contributed by atoms with Crippen LogP contribution in [0.25, 0.3) is 11.3 Å². The van der Waals surface area contributed by atoms with Crippen molar-refractivity contribution in [2.45, 2.75) is 0 Å². The Labute approximate surface area is 140 Å². The van der Waals surface area contributed by atoms with Gasteiger partial charge in [-0.2, -0.15) is 0 Å². The van der Waals surface area contributed by atoms with Crippen molar-refractivity contribution in [2.75, 3.05) is 49.1 Å². The number of rotatable bonds is 4. The van der Waals surface area contributed by atoms with Gasteiger partial charge in [-0.3, -0.25) is 4.72 Å². The van der Waals surface area contributed by atoms with Gasteiger partial charge in [0, 0.05) is 42.8 Å². The van der Waals surface area contributed by atoms with Crippen LogP contribution in [-0.2, 0) is 10.0 Å². The van der Waals surface area contributed by atoms with Crippen molar-refractivity contribution in [2.24, 2.45) is 0 Å². The molecule has 2 aromatic rings. The minimum atomic E-state index is -3.24. The van der Waals surface area contributed by atoms with Gasteiger partial charge in [0.15, 0.2) is 5.13 Å². The normalized spacial score (nSPS) is 16.5. The van der Waals surface area contributed by atoms with Gasteiger partial charge in [-0.05, 0) is 19.2 Å². The Morgan fingerprint density at radius 3 is 2.39 bits per heavy atom. The monoisotopic (exact) mass is 352 g/mol. The molecule has 0 atom stereocenters. The molecule has 23 heavy (non-hydrogen) atoms. The Kier molecular flexibility index (Phi) is 4.56. The minimum Gasteiger partial charge on any atom is -0.346 e. The van der Waals surface area contributed by atoms with Crippen molar-refractivity contribution in [1.29, 1.82) is 0 Å². The predicted molar refractivity (Wildman–Crippen MR) is 95.7 cm³/mol. The molecule has 1 aliphatic rings. The summed E-state index contributed by atoms with van der Waals surface area (Å²) < 4.78 is 24.9. The lowest BCUT2D eigenvalue weighted by Crippen LogP contribution is -2.44. The van der Waals surface area contributed by atoms with E-state index in [0.29, 0.717) is 5.69 Å². The number of hydrogen-bond acceptors (Lipinski definition) is 6. The molecule has 1 aliphatic heterocycles. The molecule has 0 bridgehead atoms. The van der Waals surface area contributed by atoms with Crippen LogP contribution in [0, 0.1) is 0 Å². The van der Waals surface area contributed by atoms with Crippen LogP contribution in [0.1, 0.15) is 0 Å². The van der Waals surface area contributed by atoms with Gasteiger partial charge in [0.1, 0.15) is 0 Å². The van der Waals surface area contributed by atoms with Gasteiger partial charge in [-0.25, -0.2) is 13.4 Å². The molecule has 0 aliphatic carbocycles. The highest BCUT2D eigenvalue weighted by molar-refractivity contribution is 7.92. The molecule has 0 unspecified atom stereocenters. The fraction of sp³-hybridized carbons (Fsp3) is 0.400. The highest BCUT2D eigenvalue weighted by Gasteiger charge is 2.17. The van der Waals surface area contributed by atoms with Crippen LogP contribution in [0.5, 0.6) is 0 Å². The van der Waals surface area contributed by atoms with Crippen molar-refractivity contribution in [3.63, 3.8) is 0 Å². The lowest BCUT2D eigenvalue weighted by atomic mass is 10.1. The predicted octanol–water partition coefficient (Wildman–Crippen LogP) is 1.93. The van der Waals surface area contributed by atoms with Crippen molar-refractivity contribution in [3.05, 3.63) is 29.6 Å². The standard InChI is InChI=1S/C15H20N4O2S2/c1-18-7-9-19(10-8-18)15-16-14(11-22-15)12-3-5-13(6-4-12)17-23(2,20)21/h3-6,11,17H,7-10H2,1-2H3. The summed E-state index contributed by atoms with van der Waals surface area (Å²) in [6, 6.07) is 7.28. The fourth-order valence-electron chi connectivity index (χ4n) is 2.46. The molecule has 1 aromatic carbocycles. The van der Waals surface area contributed by atoms with Crippen molar-refractivity contribution >= 4 is 32.2 Å². The SMILES string of the molecule is CN1CCN(c2nc(-c3ccc(NS(C)(=O)=O)cc3)cs2)CC1. The molecular weight excluding hydrogens is 332 g/mol. The van der Waals surface area contributed by atoms with Gasteiger partial charge in [0.2, 0.25) is 10.0 Å². The maximum Gasteiger partial charge on any atom is 0.229 e. The second kappa shape index (κ2) is 6.46. The van der Waals surface area contributed by atoms with Crippen LogP contribution in [0.4, 0.5) is 10.8 Å². The zero-order valence-electron chi connectivity index (χ0n) is 13.2. The zero-order valence-corrected chi connectivity index (χ0v) is 14.8. The summed E-state index contributed by atoms with van der Waals surface area (Å²) in [6.45, 7) is 4.11. The quantitative estimate of drug-likeness (QED) is 0.911. The summed E-state index contributed by atoms with van der Waals surface area (Å²) in [5.74, 6) is 0. The van der Waals surface area contributed by atoms with Crippen molar-refractivity contribution < 1.29 is 8.42 Å². The van der Waals surface area contributed by atoms with E-state index in [4.69, 9.17) is 4.98 Å². The molecule has 6 nitrogen and oxygen atoms in total. The van der Waals surface area contributed by atoms with E-state index in [-0.39, 0.29) is 0 Å². The van der Waals surface area contributed by atoms with Crippen LogP contribution in [0.3, 0.4) is 0 Å². The average molecular weight is 352 g/mol. The average Bonchev–Trinajstić information content (AvgIpc) is 2.97. The van der Waals surface area contributed by atoms with E-state index in [0.717, 1.165) is 48.8 Å². The Morgan fingerprint density at radius 2 is 1.78 bits per heavy atom. The first-order valence-electron chi connectivity index (χ1n) is 7.38. The summed E-state index contributed by atoms with van der Waals surface area (Å²) in [5.41, 5.74) is 2.47. The number of aromatic nitrogens is 1. The van der Waals surface area contributed by atoms with E-state index in [1.807, 2.05) is 17.5 Å². The Balaban J connectivity index is 1.73. The van der Waals surface area contributed by atoms with Crippen LogP contribution in [-0.4, -0.2) is 57.8 Å². The third kappa shape index (κ3) is 4.21. The maximum atomic E-state index is 11.2. The lowest BCUT2D eigenvalue weighted by Gasteiger charge is -2.32. The van der Waals surface area contributed by atoms with Crippen LogP contribution < -0.4 is 9.62 Å². The Bertz CT molecular complexity index is 763. The van der Waals surface area contributed by atoms with Gasteiger partial charge >= 0.3 is 0 Å². The molecule has 2 heterocycles. The summed E-state index contributed by atoms with van der Waals surface area (Å²) in [6.07, 6.45) is 1.14. The second-order valence-electron chi connectivity index (χ2n) is 5.76. The number of thiazole rings is 1. The van der Waals surface area contributed by atoms with E-state index in [1.54, 1.807) is 23.5 Å². The van der Waals surface area contributed by atoms with E-state index in [1.165, 1.54) is 0 Å². The molecule has 0 radical (unpaired) electrons. The zero-order chi connectivity index (χ0) is 16.4. The van der Waals surface area contributed by atoms with Crippen LogP contribution in [0.15, 0.2) is 29.6 Å². The fourth-order valence-corrected chi connectivity index (χ4v) is 3.92. The smallest absolute Gasteiger partial charge is 0.229 e. The van der Waals surface area contributed by atoms with Gasteiger partial charge in [0.25, 0.3) is 0 Å². The first kappa shape index (κ1) is 16.2. The molecule has 1 N–H and O–H groups in total. The first-order valence-corrected chi connectivity index (χ1v) is 10.1. The molecule has 0 amide bonds. The summed E-state index contributed by atoms with van der Waals surface area (Å²) >= 11 is 1.65. The molecule has 0 saturated carbocycles. The highest BCUT2D eigenvalue weighted by Crippen LogP contribution is 2.28. The van der Waals surface area contributed by atoms with Gasteiger partial charge in [-0.1, -0.05) is 12.1 Å². The third-order valence-corrected chi connectivity index (χ3v) is 5.26. The number of hydrogen-bond donors (Lipinski definition) is 1. The number of likely N-dealkylation sites (N-methyl/N-ethyl adjacent to an activating group) is 1. The van der Waals surface area contributed by atoms with Crippen LogP contribution >= 0.6 is 11.3 Å². The Morgan fingerprint density at radius 1 is 1.13 bits per heavy atom. The molecule has 124 valence electrons. The van der Waals surface area contributed by atoms with Crippen molar-refractivity contribution in [3.8, 4) is 11.3 Å². The number of anilines is 2. The number of piperazine rings is 1. The second-order valence-corrected chi connectivity index (χ2v) is 8.34. The number of sulfonamides is 1. The van der Waals surface area contributed by atoms with E-state index >= 15 is 0 Å². The topological polar surface area (TPSA) is 65.5 Å². The lowest BCUT2D eigenvalue weighted by molar-refractivity contribution is 0.313. The number of benzene rings is 1. The van der Waals surface area contributed by atoms with E-state index < -0.39 is 10.0 Å². The third-order valence-electron chi connectivity index (χ3n) is 3.75. The van der Waals surface area contributed by atoms with Crippen LogP contribution in [0.2, 0.25) is 0 Å². The summed E-state index contributed by atoms with van der Waals surface area (Å²) in [7, 11) is -1.11. The van der Waals surface area contributed by atoms with Gasteiger partial charge < -0.3 is 9.80 Å². The minimum absolute atomic E-state index is 0.561. The van der Waals surface area contributed by atoms with Gasteiger partial charge in [-0.15, -0.1) is 11.3 Å². The highest BCUT2D eigenvalue weighted by atomic mass is 32.2. The van der Waals surface area contributed by atoms with Crippen molar-refractivity contribution in [1.82, 2.24) is 9.88 Å². The molecule has 1 saturated heterocycles. The summed E-state index contributed by atoms with van der Waals surface area (Å²) in [5, 5.41) is 3.10. The van der Waals surface area contributed by atoms with E-state index in [2.05, 4.69) is 21.6 Å². The molecule has 8 heteroatoms. The molecule has 1 aromatic heterocycles. The molecule has 1 fully saturated rings.